The summed E-state index contributed by atoms with van der Waals surface area (Å²) < 4.78 is 0. The summed E-state index contributed by atoms with van der Waals surface area (Å²) in [4.78, 5) is 0. The fourth-order valence-corrected chi connectivity index (χ4v) is 4.49. The second-order valence-electron chi connectivity index (χ2n) is 11.1. The fraction of sp³-hybridized carbons (Fsp3) is 0.600. The van der Waals surface area contributed by atoms with Crippen molar-refractivity contribution in [1.82, 2.24) is 21.3 Å². The average Bonchev–Trinajstić information content (AvgIpc) is 3.58. The molecule has 192 valence electrons. The smallest absolute Gasteiger partial charge is 0.0527 e. The Bertz CT molecular complexity index is 723. The van der Waals surface area contributed by atoms with Gasteiger partial charge in [0.15, 0.2) is 0 Å². The van der Waals surface area contributed by atoms with Crippen LogP contribution in [-0.4, -0.2) is 25.2 Å². The summed E-state index contributed by atoms with van der Waals surface area (Å²) in [6.45, 7) is 37.8. The zero-order chi connectivity index (χ0) is 25.9. The molecule has 4 atom stereocenters. The Hall–Kier alpha value is -2.36. The highest BCUT2D eigenvalue weighted by Gasteiger charge is 2.36. The molecule has 1 aliphatic rings. The van der Waals surface area contributed by atoms with E-state index in [0.29, 0.717) is 12.5 Å². The molecule has 4 heteroatoms. The molecule has 0 radical (unpaired) electrons. The lowest BCUT2D eigenvalue weighted by Gasteiger charge is -2.42. The van der Waals surface area contributed by atoms with E-state index < -0.39 is 0 Å². The SMILES string of the molecule is C=CCNC(=C)C(=C)C(CC1CC1)NC(=C)C(CC(CC)CNC=C)C(NC(=C)C)C(C)(C)C. The molecule has 0 heterocycles. The van der Waals surface area contributed by atoms with E-state index in [1.807, 2.05) is 13.0 Å². The standard InChI is InChI=1S/C30H52N4/c1-12-17-32-23(7)22(6)28(19-26-15-16-26)34-24(8)27(18-25(13-2)20-31-14-3)29(30(9,10)11)33-21(4)5/h12,14,25-29,31-34H,1,3-4,6-8,13,15-20H2,2,5,9-11H3. The van der Waals surface area contributed by atoms with E-state index in [9.17, 15) is 0 Å². The molecule has 1 fully saturated rings. The van der Waals surface area contributed by atoms with Gasteiger partial charge in [-0.25, -0.2) is 0 Å². The molecule has 0 aromatic carbocycles. The molecule has 1 saturated carbocycles. The van der Waals surface area contributed by atoms with Gasteiger partial charge in [-0.05, 0) is 48.8 Å². The lowest BCUT2D eigenvalue weighted by atomic mass is 9.73. The fourth-order valence-electron chi connectivity index (χ4n) is 4.49. The van der Waals surface area contributed by atoms with Gasteiger partial charge >= 0.3 is 0 Å². The van der Waals surface area contributed by atoms with E-state index in [0.717, 1.165) is 54.4 Å². The van der Waals surface area contributed by atoms with Crippen LogP contribution in [0.4, 0.5) is 0 Å². The van der Waals surface area contributed by atoms with E-state index in [2.05, 4.69) is 88.4 Å². The van der Waals surface area contributed by atoms with Gasteiger partial charge in [0.2, 0.25) is 0 Å². The number of hydrogen-bond acceptors (Lipinski definition) is 4. The minimum Gasteiger partial charge on any atom is -0.391 e. The van der Waals surface area contributed by atoms with Crippen molar-refractivity contribution < 1.29 is 0 Å². The van der Waals surface area contributed by atoms with Crippen molar-refractivity contribution in [2.24, 2.45) is 23.2 Å². The van der Waals surface area contributed by atoms with Crippen LogP contribution in [-0.2, 0) is 0 Å². The van der Waals surface area contributed by atoms with Crippen LogP contribution in [0.1, 0.15) is 66.7 Å². The largest absolute Gasteiger partial charge is 0.391 e. The molecule has 1 aliphatic carbocycles. The molecule has 1 rings (SSSR count). The van der Waals surface area contributed by atoms with Crippen molar-refractivity contribution in [3.8, 4) is 0 Å². The first-order valence-electron chi connectivity index (χ1n) is 12.9. The average molecular weight is 469 g/mol. The molecule has 0 aliphatic heterocycles. The minimum absolute atomic E-state index is 0.0243. The van der Waals surface area contributed by atoms with Gasteiger partial charge in [0.05, 0.1) is 6.04 Å². The monoisotopic (exact) mass is 468 g/mol. The Morgan fingerprint density at radius 3 is 2.18 bits per heavy atom. The second-order valence-corrected chi connectivity index (χ2v) is 11.1. The molecule has 4 nitrogen and oxygen atoms in total. The van der Waals surface area contributed by atoms with E-state index in [-0.39, 0.29) is 23.4 Å². The predicted molar refractivity (Wildman–Crippen MR) is 151 cm³/mol. The summed E-state index contributed by atoms with van der Waals surface area (Å²) in [5.41, 5.74) is 3.95. The summed E-state index contributed by atoms with van der Waals surface area (Å²) in [5.74, 6) is 1.48. The maximum Gasteiger partial charge on any atom is 0.0527 e. The van der Waals surface area contributed by atoms with Gasteiger partial charge in [0.1, 0.15) is 0 Å². The molecule has 4 unspecified atom stereocenters. The lowest BCUT2D eigenvalue weighted by molar-refractivity contribution is 0.192. The van der Waals surface area contributed by atoms with E-state index >= 15 is 0 Å². The topological polar surface area (TPSA) is 48.1 Å². The Morgan fingerprint density at radius 2 is 1.71 bits per heavy atom. The highest BCUT2D eigenvalue weighted by atomic mass is 15.0. The van der Waals surface area contributed by atoms with Crippen molar-refractivity contribution in [2.75, 3.05) is 13.1 Å². The number of rotatable bonds is 19. The van der Waals surface area contributed by atoms with Crippen molar-refractivity contribution in [3.05, 3.63) is 74.4 Å². The van der Waals surface area contributed by atoms with Crippen LogP contribution in [0.2, 0.25) is 0 Å². The number of allylic oxidation sites excluding steroid dienone is 1. The Labute approximate surface area is 210 Å². The van der Waals surface area contributed by atoms with Crippen LogP contribution < -0.4 is 21.3 Å². The molecule has 34 heavy (non-hydrogen) atoms. The summed E-state index contributed by atoms with van der Waals surface area (Å²) in [6.07, 6.45) is 9.38. The van der Waals surface area contributed by atoms with Crippen molar-refractivity contribution >= 4 is 0 Å². The normalized spacial score (nSPS) is 16.9. The van der Waals surface area contributed by atoms with Crippen LogP contribution in [0.3, 0.4) is 0 Å². The third-order valence-corrected chi connectivity index (χ3v) is 6.79. The first-order valence-corrected chi connectivity index (χ1v) is 12.9. The van der Waals surface area contributed by atoms with Crippen LogP contribution in [0.5, 0.6) is 0 Å². The second kappa shape index (κ2) is 14.1. The zero-order valence-corrected chi connectivity index (χ0v) is 22.7. The lowest BCUT2D eigenvalue weighted by Crippen LogP contribution is -2.49. The van der Waals surface area contributed by atoms with Crippen molar-refractivity contribution in [1.29, 1.82) is 0 Å². The molecule has 0 spiro atoms. The number of nitrogens with one attached hydrogen (secondary N) is 4. The summed E-state index contributed by atoms with van der Waals surface area (Å²) in [6, 6.07) is 0.309. The zero-order valence-electron chi connectivity index (χ0n) is 22.7. The van der Waals surface area contributed by atoms with E-state index in [1.54, 1.807) is 6.20 Å². The molecule has 0 bridgehead atoms. The predicted octanol–water partition coefficient (Wildman–Crippen LogP) is 6.41. The van der Waals surface area contributed by atoms with Gasteiger partial charge < -0.3 is 21.3 Å². The van der Waals surface area contributed by atoms with Gasteiger partial charge in [-0.3, -0.25) is 0 Å². The first-order chi connectivity index (χ1) is 15.9. The van der Waals surface area contributed by atoms with Crippen LogP contribution >= 0.6 is 0 Å². The van der Waals surface area contributed by atoms with Gasteiger partial charge in [-0.1, -0.05) is 85.9 Å². The first kappa shape index (κ1) is 29.7. The van der Waals surface area contributed by atoms with Crippen molar-refractivity contribution in [3.63, 3.8) is 0 Å². The van der Waals surface area contributed by atoms with Gasteiger partial charge in [-0.2, -0.15) is 0 Å². The van der Waals surface area contributed by atoms with Gasteiger partial charge in [0.25, 0.3) is 0 Å². The Morgan fingerprint density at radius 1 is 1.06 bits per heavy atom. The van der Waals surface area contributed by atoms with Crippen molar-refractivity contribution in [2.45, 2.75) is 78.8 Å². The van der Waals surface area contributed by atoms with Gasteiger partial charge in [-0.15, -0.1) is 6.58 Å². The summed E-state index contributed by atoms with van der Waals surface area (Å²) >= 11 is 0. The quantitative estimate of drug-likeness (QED) is 0.131. The van der Waals surface area contributed by atoms with Crippen LogP contribution in [0, 0.1) is 23.2 Å². The maximum atomic E-state index is 4.61. The molecule has 0 saturated heterocycles. The van der Waals surface area contributed by atoms with Crippen LogP contribution in [0.25, 0.3) is 0 Å². The highest BCUT2D eigenvalue weighted by molar-refractivity contribution is 5.31. The summed E-state index contributed by atoms with van der Waals surface area (Å²) in [7, 11) is 0. The molecular weight excluding hydrogens is 416 g/mol. The third-order valence-electron chi connectivity index (χ3n) is 6.79. The highest BCUT2D eigenvalue weighted by Crippen LogP contribution is 2.37. The minimum atomic E-state index is 0.0243. The number of hydrogen-bond donors (Lipinski definition) is 4. The Kier molecular flexibility index (Phi) is 12.3. The molecular formula is C30H52N4. The summed E-state index contributed by atoms with van der Waals surface area (Å²) in [5, 5.41) is 14.2. The maximum absolute atomic E-state index is 4.61. The third kappa shape index (κ3) is 10.3. The van der Waals surface area contributed by atoms with Crippen LogP contribution in [0.15, 0.2) is 74.4 Å². The molecule has 0 amide bonds. The molecule has 0 aromatic heterocycles. The molecule has 0 aromatic rings. The molecule has 4 N–H and O–H groups in total. The van der Waals surface area contributed by atoms with E-state index in [4.69, 9.17) is 0 Å². The van der Waals surface area contributed by atoms with E-state index in [1.165, 1.54) is 12.8 Å². The Balaban J connectivity index is 3.21. The van der Waals surface area contributed by atoms with Gasteiger partial charge in [0, 0.05) is 42.1 Å².